The van der Waals surface area contributed by atoms with Crippen LogP contribution in [0.1, 0.15) is 19.7 Å². The fourth-order valence-electron chi connectivity index (χ4n) is 1.71. The van der Waals surface area contributed by atoms with Gasteiger partial charge in [0.05, 0.1) is 13.2 Å². The van der Waals surface area contributed by atoms with E-state index in [1.807, 2.05) is 35.9 Å². The molecule has 0 radical (unpaired) electrons. The smallest absolute Gasteiger partial charge is 0.146 e. The molecular weight excluding hydrogens is 228 g/mol. The summed E-state index contributed by atoms with van der Waals surface area (Å²) in [5.74, 6) is 1.83. The van der Waals surface area contributed by atoms with Gasteiger partial charge in [-0.3, -0.25) is 0 Å². The summed E-state index contributed by atoms with van der Waals surface area (Å²) in [7, 11) is 0. The zero-order valence-corrected chi connectivity index (χ0v) is 10.8. The van der Waals surface area contributed by atoms with Crippen LogP contribution in [-0.2, 0) is 13.1 Å². The fraction of sp³-hybridized carbons (Fsp3) is 0.385. The van der Waals surface area contributed by atoms with Gasteiger partial charge in [0.25, 0.3) is 0 Å². The Hall–Kier alpha value is -2.04. The largest absolute Gasteiger partial charge is 0.494 e. The molecule has 0 fully saturated rings. The molecule has 2 aromatic rings. The molecule has 1 aromatic carbocycles. The maximum atomic E-state index is 5.39. The third-order valence-electron chi connectivity index (χ3n) is 2.61. The van der Waals surface area contributed by atoms with Crippen LogP contribution in [0.5, 0.6) is 5.75 Å². The van der Waals surface area contributed by atoms with Gasteiger partial charge in [-0.25, -0.2) is 9.67 Å². The highest BCUT2D eigenvalue weighted by Crippen LogP contribution is 2.16. The Morgan fingerprint density at radius 2 is 2.00 bits per heavy atom. The highest BCUT2D eigenvalue weighted by molar-refractivity contribution is 5.46. The number of nitrogens with one attached hydrogen (secondary N) is 1. The van der Waals surface area contributed by atoms with Crippen LogP contribution in [0.2, 0.25) is 0 Å². The van der Waals surface area contributed by atoms with Crippen molar-refractivity contribution in [1.82, 2.24) is 14.8 Å². The van der Waals surface area contributed by atoms with E-state index >= 15 is 0 Å². The number of hydrogen-bond donors (Lipinski definition) is 1. The molecule has 96 valence electrons. The Kier molecular flexibility index (Phi) is 4.17. The molecule has 0 saturated carbocycles. The number of nitrogens with zero attached hydrogens (tertiary/aromatic N) is 3. The monoisotopic (exact) mass is 246 g/mol. The van der Waals surface area contributed by atoms with Crippen molar-refractivity contribution in [1.29, 1.82) is 0 Å². The fourth-order valence-corrected chi connectivity index (χ4v) is 1.71. The minimum atomic E-state index is 0.668. The van der Waals surface area contributed by atoms with Gasteiger partial charge in [0.2, 0.25) is 0 Å². The number of aryl methyl sites for hydroxylation is 1. The van der Waals surface area contributed by atoms with Crippen LogP contribution in [0.4, 0.5) is 5.69 Å². The van der Waals surface area contributed by atoms with Gasteiger partial charge >= 0.3 is 0 Å². The Balaban J connectivity index is 1.94. The molecular formula is C13H18N4O. The van der Waals surface area contributed by atoms with E-state index in [2.05, 4.69) is 22.3 Å². The molecule has 2 rings (SSSR count). The molecule has 1 N–H and O–H groups in total. The summed E-state index contributed by atoms with van der Waals surface area (Å²) in [5.41, 5.74) is 1.05. The second kappa shape index (κ2) is 6.05. The van der Waals surface area contributed by atoms with Gasteiger partial charge in [0.15, 0.2) is 0 Å². The van der Waals surface area contributed by atoms with Crippen molar-refractivity contribution in [2.24, 2.45) is 0 Å². The quantitative estimate of drug-likeness (QED) is 0.849. The van der Waals surface area contributed by atoms with Crippen LogP contribution in [-0.4, -0.2) is 21.4 Å². The maximum absolute atomic E-state index is 5.39. The second-order valence-electron chi connectivity index (χ2n) is 3.80. The van der Waals surface area contributed by atoms with E-state index in [1.165, 1.54) is 0 Å². The summed E-state index contributed by atoms with van der Waals surface area (Å²) in [4.78, 5) is 4.21. The van der Waals surface area contributed by atoms with Gasteiger partial charge in [-0.15, -0.1) is 0 Å². The molecule has 18 heavy (non-hydrogen) atoms. The van der Waals surface area contributed by atoms with Gasteiger partial charge in [0, 0.05) is 12.2 Å². The normalized spacial score (nSPS) is 10.3. The summed E-state index contributed by atoms with van der Waals surface area (Å²) in [6.07, 6.45) is 1.58. The third kappa shape index (κ3) is 3.00. The molecule has 0 aliphatic heterocycles. The zero-order valence-electron chi connectivity index (χ0n) is 10.8. The summed E-state index contributed by atoms with van der Waals surface area (Å²) in [5, 5.41) is 7.44. The van der Waals surface area contributed by atoms with Crippen molar-refractivity contribution < 1.29 is 4.74 Å². The van der Waals surface area contributed by atoms with Crippen molar-refractivity contribution in [3.05, 3.63) is 36.4 Å². The van der Waals surface area contributed by atoms with Gasteiger partial charge in [0.1, 0.15) is 17.9 Å². The SMILES string of the molecule is CCOc1ccc(NCc2ncnn2CC)cc1. The molecule has 0 aliphatic carbocycles. The Labute approximate surface area is 107 Å². The first-order valence-electron chi connectivity index (χ1n) is 6.17. The van der Waals surface area contributed by atoms with E-state index in [-0.39, 0.29) is 0 Å². The molecule has 0 saturated heterocycles. The lowest BCUT2D eigenvalue weighted by Crippen LogP contribution is -2.08. The average Bonchev–Trinajstić information content (AvgIpc) is 2.86. The highest BCUT2D eigenvalue weighted by atomic mass is 16.5. The van der Waals surface area contributed by atoms with Crippen LogP contribution in [0.3, 0.4) is 0 Å². The first kappa shape index (κ1) is 12.4. The highest BCUT2D eigenvalue weighted by Gasteiger charge is 2.02. The maximum Gasteiger partial charge on any atom is 0.146 e. The Morgan fingerprint density at radius 1 is 1.22 bits per heavy atom. The van der Waals surface area contributed by atoms with Gasteiger partial charge < -0.3 is 10.1 Å². The minimum absolute atomic E-state index is 0.668. The first-order valence-corrected chi connectivity index (χ1v) is 6.17. The number of benzene rings is 1. The predicted molar refractivity (Wildman–Crippen MR) is 70.6 cm³/mol. The molecule has 5 nitrogen and oxygen atoms in total. The first-order chi connectivity index (χ1) is 8.83. The number of hydrogen-bond acceptors (Lipinski definition) is 4. The predicted octanol–water partition coefficient (Wildman–Crippen LogP) is 2.31. The number of ether oxygens (including phenoxy) is 1. The third-order valence-corrected chi connectivity index (χ3v) is 2.61. The Morgan fingerprint density at radius 3 is 2.67 bits per heavy atom. The summed E-state index contributed by atoms with van der Waals surface area (Å²) < 4.78 is 7.27. The summed E-state index contributed by atoms with van der Waals surface area (Å²) in [6.45, 7) is 6.22. The zero-order chi connectivity index (χ0) is 12.8. The number of anilines is 1. The molecule has 0 aliphatic rings. The summed E-state index contributed by atoms with van der Waals surface area (Å²) in [6, 6.07) is 7.90. The molecule has 0 atom stereocenters. The van der Waals surface area contributed by atoms with E-state index in [0.717, 1.165) is 23.8 Å². The van der Waals surface area contributed by atoms with Crippen LogP contribution >= 0.6 is 0 Å². The number of rotatable bonds is 6. The topological polar surface area (TPSA) is 52.0 Å². The summed E-state index contributed by atoms with van der Waals surface area (Å²) >= 11 is 0. The van der Waals surface area contributed by atoms with Crippen LogP contribution in [0.25, 0.3) is 0 Å². The van der Waals surface area contributed by atoms with E-state index in [1.54, 1.807) is 6.33 Å². The lowest BCUT2D eigenvalue weighted by molar-refractivity contribution is 0.340. The van der Waals surface area contributed by atoms with E-state index in [9.17, 15) is 0 Å². The molecule has 5 heteroatoms. The standard InChI is InChI=1S/C13H18N4O/c1-3-17-13(15-10-16-17)9-14-11-5-7-12(8-6-11)18-4-2/h5-8,10,14H,3-4,9H2,1-2H3. The van der Waals surface area contributed by atoms with Gasteiger partial charge in [-0.05, 0) is 38.1 Å². The van der Waals surface area contributed by atoms with Gasteiger partial charge in [-0.1, -0.05) is 0 Å². The van der Waals surface area contributed by atoms with E-state index < -0.39 is 0 Å². The van der Waals surface area contributed by atoms with Crippen molar-refractivity contribution in [2.75, 3.05) is 11.9 Å². The van der Waals surface area contributed by atoms with E-state index in [4.69, 9.17) is 4.74 Å². The van der Waals surface area contributed by atoms with E-state index in [0.29, 0.717) is 13.2 Å². The van der Waals surface area contributed by atoms with Crippen molar-refractivity contribution in [3.8, 4) is 5.75 Å². The lowest BCUT2D eigenvalue weighted by atomic mass is 10.3. The lowest BCUT2D eigenvalue weighted by Gasteiger charge is -2.08. The Bertz CT molecular complexity index is 478. The average molecular weight is 246 g/mol. The molecule has 0 amide bonds. The van der Waals surface area contributed by atoms with Crippen LogP contribution in [0.15, 0.2) is 30.6 Å². The van der Waals surface area contributed by atoms with Crippen LogP contribution < -0.4 is 10.1 Å². The molecule has 0 unspecified atom stereocenters. The number of aromatic nitrogens is 3. The minimum Gasteiger partial charge on any atom is -0.494 e. The van der Waals surface area contributed by atoms with Crippen molar-refractivity contribution >= 4 is 5.69 Å². The van der Waals surface area contributed by atoms with Crippen LogP contribution in [0, 0.1) is 0 Å². The molecule has 1 aromatic heterocycles. The van der Waals surface area contributed by atoms with Gasteiger partial charge in [-0.2, -0.15) is 5.10 Å². The molecule has 0 bridgehead atoms. The van der Waals surface area contributed by atoms with Crippen molar-refractivity contribution in [2.45, 2.75) is 26.9 Å². The molecule has 1 heterocycles. The second-order valence-corrected chi connectivity index (χ2v) is 3.80. The molecule has 0 spiro atoms. The van der Waals surface area contributed by atoms with Crippen molar-refractivity contribution in [3.63, 3.8) is 0 Å².